The largest absolute Gasteiger partial charge is 0.493 e. The molecule has 6 heteroatoms. The van der Waals surface area contributed by atoms with Crippen LogP contribution in [0.25, 0.3) is 0 Å². The highest BCUT2D eigenvalue weighted by molar-refractivity contribution is 7.80. The highest BCUT2D eigenvalue weighted by Gasteiger charge is 2.13. The first kappa shape index (κ1) is 19.5. The molecule has 0 saturated heterocycles. The molecule has 1 amide bonds. The number of anilines is 1. The summed E-state index contributed by atoms with van der Waals surface area (Å²) in [6.45, 7) is 8.48. The SMILES string of the molecule is C=C(C)COc1cccc(NC(=S)NC(=O)c2ccccc2OCC)c1. The maximum absolute atomic E-state index is 12.4. The molecule has 0 heterocycles. The molecule has 0 bridgehead atoms. The zero-order valence-electron chi connectivity index (χ0n) is 14.9. The van der Waals surface area contributed by atoms with E-state index in [0.29, 0.717) is 36.0 Å². The molecule has 0 aliphatic rings. The number of ether oxygens (including phenoxy) is 2. The maximum atomic E-state index is 12.4. The van der Waals surface area contributed by atoms with Crippen molar-refractivity contribution in [3.63, 3.8) is 0 Å². The van der Waals surface area contributed by atoms with Crippen LogP contribution >= 0.6 is 12.2 Å². The summed E-state index contributed by atoms with van der Waals surface area (Å²) in [5, 5.41) is 5.83. The Morgan fingerprint density at radius 2 is 1.92 bits per heavy atom. The van der Waals surface area contributed by atoms with Gasteiger partial charge >= 0.3 is 0 Å². The second kappa shape index (κ2) is 9.58. The number of nitrogens with one attached hydrogen (secondary N) is 2. The lowest BCUT2D eigenvalue weighted by Crippen LogP contribution is -2.34. The number of hydrogen-bond donors (Lipinski definition) is 2. The standard InChI is InChI=1S/C20H22N2O3S/c1-4-24-18-11-6-5-10-17(18)19(23)22-20(26)21-15-8-7-9-16(12-15)25-13-14(2)3/h5-12H,2,4,13H2,1,3H3,(H2,21,22,23,26). The second-order valence-corrected chi connectivity index (χ2v) is 6.02. The number of para-hydroxylation sites is 1. The van der Waals surface area contributed by atoms with Crippen molar-refractivity contribution in [1.29, 1.82) is 0 Å². The summed E-state index contributed by atoms with van der Waals surface area (Å²) in [5.41, 5.74) is 2.07. The molecule has 0 aliphatic carbocycles. The summed E-state index contributed by atoms with van der Waals surface area (Å²) >= 11 is 5.23. The Morgan fingerprint density at radius 1 is 1.15 bits per heavy atom. The van der Waals surface area contributed by atoms with Gasteiger partial charge in [0.15, 0.2) is 5.11 Å². The molecular weight excluding hydrogens is 348 g/mol. The van der Waals surface area contributed by atoms with Crippen LogP contribution in [0.3, 0.4) is 0 Å². The number of thiocarbonyl (C=S) groups is 1. The van der Waals surface area contributed by atoms with Crippen molar-refractivity contribution < 1.29 is 14.3 Å². The van der Waals surface area contributed by atoms with E-state index >= 15 is 0 Å². The van der Waals surface area contributed by atoms with Gasteiger partial charge in [0.25, 0.3) is 5.91 Å². The zero-order valence-corrected chi connectivity index (χ0v) is 15.7. The Kier molecular flexibility index (Phi) is 7.17. The Labute approximate surface area is 159 Å². The van der Waals surface area contributed by atoms with E-state index in [1.165, 1.54) is 0 Å². The van der Waals surface area contributed by atoms with Crippen molar-refractivity contribution >= 4 is 28.9 Å². The molecule has 2 rings (SSSR count). The first-order valence-electron chi connectivity index (χ1n) is 8.21. The van der Waals surface area contributed by atoms with Gasteiger partial charge in [-0.2, -0.15) is 0 Å². The summed E-state index contributed by atoms with van der Waals surface area (Å²) in [4.78, 5) is 12.4. The lowest BCUT2D eigenvalue weighted by atomic mass is 10.2. The minimum absolute atomic E-state index is 0.193. The fraction of sp³-hybridized carbons (Fsp3) is 0.200. The summed E-state index contributed by atoms with van der Waals surface area (Å²) in [6, 6.07) is 14.3. The molecular formula is C20H22N2O3S. The monoisotopic (exact) mass is 370 g/mol. The fourth-order valence-electron chi connectivity index (χ4n) is 2.14. The molecule has 2 aromatic rings. The van der Waals surface area contributed by atoms with Crippen LogP contribution in [0.1, 0.15) is 24.2 Å². The lowest BCUT2D eigenvalue weighted by molar-refractivity contribution is 0.0974. The van der Waals surface area contributed by atoms with Gasteiger partial charge in [0.1, 0.15) is 18.1 Å². The zero-order chi connectivity index (χ0) is 18.9. The molecule has 2 N–H and O–H groups in total. The van der Waals surface area contributed by atoms with Gasteiger partial charge in [-0.15, -0.1) is 0 Å². The van der Waals surface area contributed by atoms with E-state index < -0.39 is 0 Å². The topological polar surface area (TPSA) is 59.6 Å². The average molecular weight is 370 g/mol. The number of carbonyl (C=O) groups is 1. The van der Waals surface area contributed by atoms with Gasteiger partial charge in [0.05, 0.1) is 12.2 Å². The minimum atomic E-state index is -0.332. The molecule has 2 aromatic carbocycles. The molecule has 5 nitrogen and oxygen atoms in total. The minimum Gasteiger partial charge on any atom is -0.493 e. The normalized spacial score (nSPS) is 9.92. The van der Waals surface area contributed by atoms with Crippen molar-refractivity contribution in [2.75, 3.05) is 18.5 Å². The van der Waals surface area contributed by atoms with E-state index in [4.69, 9.17) is 21.7 Å². The summed E-state index contributed by atoms with van der Waals surface area (Å²) in [6.07, 6.45) is 0. The third-order valence-electron chi connectivity index (χ3n) is 3.24. The molecule has 0 fully saturated rings. The smallest absolute Gasteiger partial charge is 0.261 e. The van der Waals surface area contributed by atoms with Crippen molar-refractivity contribution in [3.05, 3.63) is 66.2 Å². The van der Waals surface area contributed by atoms with Crippen molar-refractivity contribution in [3.8, 4) is 11.5 Å². The second-order valence-electron chi connectivity index (χ2n) is 5.61. The molecule has 0 spiro atoms. The van der Waals surface area contributed by atoms with Crippen LogP contribution in [0.2, 0.25) is 0 Å². The van der Waals surface area contributed by atoms with Crippen LogP contribution < -0.4 is 20.1 Å². The van der Waals surface area contributed by atoms with E-state index in [2.05, 4.69) is 17.2 Å². The van der Waals surface area contributed by atoms with E-state index in [9.17, 15) is 4.79 Å². The molecule has 0 saturated carbocycles. The van der Waals surface area contributed by atoms with Gasteiger partial charge in [0, 0.05) is 11.8 Å². The van der Waals surface area contributed by atoms with Crippen LogP contribution in [0.4, 0.5) is 5.69 Å². The molecule has 136 valence electrons. The Morgan fingerprint density at radius 3 is 2.65 bits per heavy atom. The maximum Gasteiger partial charge on any atom is 0.261 e. The number of benzene rings is 2. The van der Waals surface area contributed by atoms with Gasteiger partial charge < -0.3 is 14.8 Å². The van der Waals surface area contributed by atoms with E-state index in [1.807, 2.05) is 38.1 Å². The highest BCUT2D eigenvalue weighted by atomic mass is 32.1. The summed E-state index contributed by atoms with van der Waals surface area (Å²) in [5.74, 6) is 0.876. The van der Waals surface area contributed by atoms with Crippen LogP contribution in [0.15, 0.2) is 60.7 Å². The molecule has 0 radical (unpaired) electrons. The van der Waals surface area contributed by atoms with Gasteiger partial charge in [-0.05, 0) is 55.9 Å². The Hall–Kier alpha value is -2.86. The predicted octanol–water partition coefficient (Wildman–Crippen LogP) is 4.17. The van der Waals surface area contributed by atoms with E-state index in [-0.39, 0.29) is 11.0 Å². The first-order chi connectivity index (χ1) is 12.5. The Balaban J connectivity index is 1.99. The predicted molar refractivity (Wildman–Crippen MR) is 108 cm³/mol. The molecule has 26 heavy (non-hydrogen) atoms. The van der Waals surface area contributed by atoms with Crippen molar-refractivity contribution in [1.82, 2.24) is 5.32 Å². The number of rotatable bonds is 7. The van der Waals surface area contributed by atoms with Crippen LogP contribution in [0, 0.1) is 0 Å². The number of hydrogen-bond acceptors (Lipinski definition) is 4. The van der Waals surface area contributed by atoms with Crippen LogP contribution in [0.5, 0.6) is 11.5 Å². The van der Waals surface area contributed by atoms with Gasteiger partial charge in [0.2, 0.25) is 0 Å². The average Bonchev–Trinajstić information content (AvgIpc) is 2.61. The fourth-order valence-corrected chi connectivity index (χ4v) is 2.35. The van der Waals surface area contributed by atoms with Crippen molar-refractivity contribution in [2.24, 2.45) is 0 Å². The number of carbonyl (C=O) groups excluding carboxylic acids is 1. The van der Waals surface area contributed by atoms with Gasteiger partial charge in [-0.1, -0.05) is 24.8 Å². The molecule has 0 aromatic heterocycles. The van der Waals surface area contributed by atoms with Gasteiger partial charge in [-0.25, -0.2) is 0 Å². The van der Waals surface area contributed by atoms with Gasteiger partial charge in [-0.3, -0.25) is 10.1 Å². The molecule has 0 atom stereocenters. The van der Waals surface area contributed by atoms with E-state index in [1.54, 1.807) is 24.3 Å². The summed E-state index contributed by atoms with van der Waals surface area (Å²) in [7, 11) is 0. The van der Waals surface area contributed by atoms with E-state index in [0.717, 1.165) is 5.57 Å². The molecule has 0 unspecified atom stereocenters. The highest BCUT2D eigenvalue weighted by Crippen LogP contribution is 2.19. The lowest BCUT2D eigenvalue weighted by Gasteiger charge is -2.13. The summed E-state index contributed by atoms with van der Waals surface area (Å²) < 4.78 is 11.1. The first-order valence-corrected chi connectivity index (χ1v) is 8.62. The Bertz CT molecular complexity index is 805. The number of amides is 1. The third kappa shape index (κ3) is 5.89. The van der Waals surface area contributed by atoms with Crippen molar-refractivity contribution in [2.45, 2.75) is 13.8 Å². The van der Waals surface area contributed by atoms with Crippen LogP contribution in [-0.2, 0) is 0 Å². The quantitative estimate of drug-likeness (QED) is 0.566. The third-order valence-corrected chi connectivity index (χ3v) is 3.44. The molecule has 0 aliphatic heterocycles. The van der Waals surface area contributed by atoms with Crippen LogP contribution in [-0.4, -0.2) is 24.2 Å².